The monoisotopic (exact) mass is 324 g/mol. The fourth-order valence-corrected chi connectivity index (χ4v) is 2.97. The molecule has 7 heteroatoms. The topological polar surface area (TPSA) is 89.2 Å². The fraction of sp³-hybridized carbons (Fsp3) is 0.235. The van der Waals surface area contributed by atoms with Gasteiger partial charge in [-0.2, -0.15) is 0 Å². The molecule has 0 spiro atoms. The average molecular weight is 324 g/mol. The molecule has 1 aromatic carbocycles. The van der Waals surface area contributed by atoms with Gasteiger partial charge in [-0.3, -0.25) is 9.59 Å². The van der Waals surface area contributed by atoms with Gasteiger partial charge in [0, 0.05) is 35.6 Å². The molecule has 122 valence electrons. The number of hydrogen-bond donors (Lipinski definition) is 2. The smallest absolute Gasteiger partial charge is 0.267 e. The number of nitrogens with zero attached hydrogens (tertiary/aromatic N) is 2. The molecule has 24 heavy (non-hydrogen) atoms. The largest absolute Gasteiger partial charge is 0.360 e. The van der Waals surface area contributed by atoms with Crippen LogP contribution in [0, 0.1) is 6.92 Å². The third kappa shape index (κ3) is 2.44. The molecule has 0 saturated carbocycles. The molecule has 2 aromatic heterocycles. The lowest BCUT2D eigenvalue weighted by Gasteiger charge is -2.06. The van der Waals surface area contributed by atoms with E-state index >= 15 is 0 Å². The van der Waals surface area contributed by atoms with Crippen molar-refractivity contribution in [3.05, 3.63) is 47.3 Å². The summed E-state index contributed by atoms with van der Waals surface area (Å²) >= 11 is 0. The van der Waals surface area contributed by atoms with Crippen LogP contribution in [0.4, 0.5) is 5.82 Å². The lowest BCUT2D eigenvalue weighted by atomic mass is 10.1. The van der Waals surface area contributed by atoms with Crippen LogP contribution in [0.2, 0.25) is 0 Å². The van der Waals surface area contributed by atoms with Crippen molar-refractivity contribution >= 4 is 28.5 Å². The molecule has 4 rings (SSSR count). The summed E-state index contributed by atoms with van der Waals surface area (Å²) in [5, 5.41) is 10.3. The molecule has 3 heterocycles. The van der Waals surface area contributed by atoms with E-state index in [2.05, 4.69) is 15.8 Å². The third-order valence-electron chi connectivity index (χ3n) is 4.11. The van der Waals surface area contributed by atoms with Crippen molar-refractivity contribution in [1.29, 1.82) is 0 Å². The van der Waals surface area contributed by atoms with Crippen LogP contribution in [0.5, 0.6) is 0 Å². The highest BCUT2D eigenvalue weighted by Gasteiger charge is 2.19. The molecule has 1 aliphatic heterocycles. The second-order valence-corrected chi connectivity index (χ2v) is 5.84. The highest BCUT2D eigenvalue weighted by atomic mass is 16.5. The number of aromatic nitrogens is 2. The lowest BCUT2D eigenvalue weighted by molar-refractivity contribution is 0.0950. The van der Waals surface area contributed by atoms with Crippen molar-refractivity contribution in [2.45, 2.75) is 19.9 Å². The van der Waals surface area contributed by atoms with Crippen LogP contribution in [0.1, 0.15) is 33.0 Å². The Labute approximate surface area is 137 Å². The predicted molar refractivity (Wildman–Crippen MR) is 88.1 cm³/mol. The molecule has 0 fully saturated rings. The van der Waals surface area contributed by atoms with Crippen molar-refractivity contribution in [3.63, 3.8) is 0 Å². The van der Waals surface area contributed by atoms with Crippen LogP contribution < -0.4 is 10.6 Å². The quantitative estimate of drug-likeness (QED) is 0.757. The minimum absolute atomic E-state index is 0.0761. The summed E-state index contributed by atoms with van der Waals surface area (Å²) in [6.45, 7) is 3.16. The number of rotatable bonds is 2. The zero-order valence-corrected chi connectivity index (χ0v) is 13.1. The van der Waals surface area contributed by atoms with Gasteiger partial charge in [-0.15, -0.1) is 0 Å². The van der Waals surface area contributed by atoms with Crippen LogP contribution in [-0.4, -0.2) is 28.1 Å². The first-order valence-electron chi connectivity index (χ1n) is 7.78. The number of nitrogens with one attached hydrogen (secondary N) is 2. The molecule has 0 aliphatic carbocycles. The Kier molecular flexibility index (Phi) is 3.34. The van der Waals surface area contributed by atoms with Crippen molar-refractivity contribution in [1.82, 2.24) is 15.0 Å². The second-order valence-electron chi connectivity index (χ2n) is 5.84. The van der Waals surface area contributed by atoms with Crippen LogP contribution >= 0.6 is 0 Å². The van der Waals surface area contributed by atoms with Gasteiger partial charge < -0.3 is 19.7 Å². The van der Waals surface area contributed by atoms with E-state index in [0.29, 0.717) is 29.4 Å². The zero-order chi connectivity index (χ0) is 16.7. The molecule has 0 atom stereocenters. The summed E-state index contributed by atoms with van der Waals surface area (Å²) in [6.07, 6.45) is 0.858. The van der Waals surface area contributed by atoms with E-state index in [1.165, 1.54) is 0 Å². The molecule has 7 nitrogen and oxygen atoms in total. The zero-order valence-electron chi connectivity index (χ0n) is 13.1. The van der Waals surface area contributed by atoms with Gasteiger partial charge >= 0.3 is 0 Å². The first kappa shape index (κ1) is 14.5. The van der Waals surface area contributed by atoms with Crippen molar-refractivity contribution in [2.24, 2.45) is 0 Å². The molecule has 0 unspecified atom stereocenters. The van der Waals surface area contributed by atoms with Gasteiger partial charge in [-0.05, 0) is 31.5 Å². The number of benzene rings is 1. The minimum Gasteiger partial charge on any atom is -0.360 e. The Morgan fingerprint density at radius 1 is 1.33 bits per heavy atom. The maximum atomic E-state index is 12.4. The van der Waals surface area contributed by atoms with Gasteiger partial charge in [0.15, 0.2) is 5.82 Å². The molecule has 0 radical (unpaired) electrons. The van der Waals surface area contributed by atoms with Crippen LogP contribution in [0.25, 0.3) is 10.9 Å². The first-order valence-corrected chi connectivity index (χ1v) is 7.78. The highest BCUT2D eigenvalue weighted by molar-refractivity contribution is 6.07. The van der Waals surface area contributed by atoms with Gasteiger partial charge in [-0.1, -0.05) is 11.2 Å². The van der Waals surface area contributed by atoms with E-state index in [0.717, 1.165) is 23.9 Å². The van der Waals surface area contributed by atoms with Crippen molar-refractivity contribution in [2.75, 3.05) is 11.9 Å². The number of anilines is 1. The predicted octanol–water partition coefficient (Wildman–Crippen LogP) is 2.32. The molecule has 0 saturated heterocycles. The number of fused-ring (bicyclic) bond motifs is 3. The number of aryl methyl sites for hydroxylation is 2. The highest BCUT2D eigenvalue weighted by Crippen LogP contribution is 2.23. The number of hydrogen-bond acceptors (Lipinski definition) is 4. The summed E-state index contributed by atoms with van der Waals surface area (Å²) in [5.74, 6) is 0.668. The van der Waals surface area contributed by atoms with E-state index in [-0.39, 0.29) is 11.8 Å². The third-order valence-corrected chi connectivity index (χ3v) is 4.11. The summed E-state index contributed by atoms with van der Waals surface area (Å²) < 4.78 is 6.91. The average Bonchev–Trinajstić information content (AvgIpc) is 3.09. The lowest BCUT2D eigenvalue weighted by Crippen LogP contribution is -2.22. The number of carbonyl (C=O) groups excluding carboxylic acids is 2. The van der Waals surface area contributed by atoms with Gasteiger partial charge in [0.25, 0.3) is 11.8 Å². The first-order chi connectivity index (χ1) is 11.6. The Morgan fingerprint density at radius 3 is 3.00 bits per heavy atom. The van der Waals surface area contributed by atoms with Crippen LogP contribution in [0.3, 0.4) is 0 Å². The molecule has 1 aliphatic rings. The van der Waals surface area contributed by atoms with Crippen molar-refractivity contribution in [3.8, 4) is 0 Å². The minimum atomic E-state index is -0.265. The summed E-state index contributed by atoms with van der Waals surface area (Å²) in [4.78, 5) is 24.5. The van der Waals surface area contributed by atoms with E-state index in [9.17, 15) is 9.59 Å². The van der Waals surface area contributed by atoms with E-state index < -0.39 is 0 Å². The summed E-state index contributed by atoms with van der Waals surface area (Å²) in [5.41, 5.74) is 2.02. The summed E-state index contributed by atoms with van der Waals surface area (Å²) in [7, 11) is 0. The van der Waals surface area contributed by atoms with E-state index in [1.807, 2.05) is 16.7 Å². The van der Waals surface area contributed by atoms with Gasteiger partial charge in [0.2, 0.25) is 0 Å². The SMILES string of the molecule is Cc1cc(NC(=O)c2ccc3cc4n(c3c2)CCCNC4=O)no1. The fourth-order valence-electron chi connectivity index (χ4n) is 2.97. The Bertz CT molecular complexity index is 954. The van der Waals surface area contributed by atoms with E-state index in [1.54, 1.807) is 25.1 Å². The van der Waals surface area contributed by atoms with Crippen molar-refractivity contribution < 1.29 is 14.1 Å². The molecule has 0 bridgehead atoms. The maximum absolute atomic E-state index is 12.4. The van der Waals surface area contributed by atoms with Crippen LogP contribution in [0.15, 0.2) is 34.9 Å². The molecular weight excluding hydrogens is 308 g/mol. The Balaban J connectivity index is 1.71. The maximum Gasteiger partial charge on any atom is 0.267 e. The second kappa shape index (κ2) is 5.52. The normalized spacial score (nSPS) is 14.1. The van der Waals surface area contributed by atoms with E-state index in [4.69, 9.17) is 4.52 Å². The van der Waals surface area contributed by atoms with Gasteiger partial charge in [0.05, 0.1) is 0 Å². The van der Waals surface area contributed by atoms with Gasteiger partial charge in [0.1, 0.15) is 11.5 Å². The van der Waals surface area contributed by atoms with Gasteiger partial charge in [-0.25, -0.2) is 0 Å². The summed E-state index contributed by atoms with van der Waals surface area (Å²) in [6, 6.07) is 8.91. The number of carbonyl (C=O) groups is 2. The standard InChI is InChI=1S/C17H16N4O3/c1-10-7-15(20-24-10)19-16(22)12-4-3-11-8-14-17(23)18-5-2-6-21(14)13(11)9-12/h3-4,7-9H,2,5-6H2,1H3,(H,18,23)(H,19,20,22). The number of amides is 2. The molecular formula is C17H16N4O3. The van der Waals surface area contributed by atoms with Crippen LogP contribution in [-0.2, 0) is 6.54 Å². The Morgan fingerprint density at radius 2 is 2.21 bits per heavy atom. The molecule has 2 amide bonds. The molecule has 2 N–H and O–H groups in total. The Hall–Kier alpha value is -3.09. The molecule has 3 aromatic rings.